The van der Waals surface area contributed by atoms with E-state index < -0.39 is 5.91 Å². The van der Waals surface area contributed by atoms with Crippen LogP contribution in [0.25, 0.3) is 22.5 Å². The Hall–Kier alpha value is -3.02. The Bertz CT molecular complexity index is 854. The minimum atomic E-state index is -0.549. The quantitative estimate of drug-likeness (QED) is 0.773. The Morgan fingerprint density at radius 1 is 1.17 bits per heavy atom. The largest absolute Gasteiger partial charge is 0.364 e. The molecular formula is C17H15N5O. The smallest absolute Gasteiger partial charge is 0.267 e. The molecule has 114 valence electrons. The molecule has 2 heterocycles. The van der Waals surface area contributed by atoms with Crippen LogP contribution in [0.4, 0.5) is 0 Å². The van der Waals surface area contributed by atoms with Crippen LogP contribution in [0.5, 0.6) is 0 Å². The highest BCUT2D eigenvalue weighted by molar-refractivity contribution is 6.02. The number of hydrogen-bond donors (Lipinski definition) is 2. The van der Waals surface area contributed by atoms with Crippen molar-refractivity contribution in [2.45, 2.75) is 18.8 Å². The van der Waals surface area contributed by atoms with Gasteiger partial charge in [0.05, 0.1) is 0 Å². The van der Waals surface area contributed by atoms with E-state index in [1.165, 1.54) is 6.33 Å². The summed E-state index contributed by atoms with van der Waals surface area (Å²) in [5.74, 6) is 0.537. The fourth-order valence-electron chi connectivity index (χ4n) is 2.89. The first-order chi connectivity index (χ1) is 11.3. The molecule has 0 bridgehead atoms. The first-order valence-corrected chi connectivity index (χ1v) is 7.50. The summed E-state index contributed by atoms with van der Waals surface area (Å²) in [6.45, 7) is 0. The second kappa shape index (κ2) is 5.31. The fourth-order valence-corrected chi connectivity index (χ4v) is 2.89. The molecule has 1 aliphatic carbocycles. The summed E-state index contributed by atoms with van der Waals surface area (Å²) >= 11 is 0. The zero-order valence-corrected chi connectivity index (χ0v) is 12.4. The second-order valence-electron chi connectivity index (χ2n) is 5.65. The van der Waals surface area contributed by atoms with E-state index in [9.17, 15) is 4.79 Å². The van der Waals surface area contributed by atoms with Crippen molar-refractivity contribution in [3.8, 4) is 22.5 Å². The highest BCUT2D eigenvalue weighted by Gasteiger charge is 2.31. The SMILES string of the molecule is NC(=O)c1ncc(C2CC2)c(-c2nnc[nH]2)c1-c1ccccc1. The maximum absolute atomic E-state index is 11.9. The van der Waals surface area contributed by atoms with Gasteiger partial charge >= 0.3 is 0 Å². The number of nitrogens with two attached hydrogens (primary N) is 1. The zero-order valence-electron chi connectivity index (χ0n) is 12.4. The molecule has 0 unspecified atom stereocenters. The highest BCUT2D eigenvalue weighted by Crippen LogP contribution is 2.47. The maximum Gasteiger partial charge on any atom is 0.267 e. The molecule has 1 fully saturated rings. The number of aromatic nitrogens is 4. The van der Waals surface area contributed by atoms with Gasteiger partial charge in [-0.05, 0) is 29.9 Å². The van der Waals surface area contributed by atoms with Crippen molar-refractivity contribution in [2.24, 2.45) is 5.73 Å². The average Bonchev–Trinajstić information content (AvgIpc) is 3.28. The summed E-state index contributed by atoms with van der Waals surface area (Å²) in [4.78, 5) is 19.3. The number of nitrogens with one attached hydrogen (secondary N) is 1. The van der Waals surface area contributed by atoms with Crippen LogP contribution < -0.4 is 5.73 Å². The van der Waals surface area contributed by atoms with Crippen LogP contribution in [-0.2, 0) is 0 Å². The van der Waals surface area contributed by atoms with Gasteiger partial charge in [-0.2, -0.15) is 0 Å². The van der Waals surface area contributed by atoms with E-state index in [4.69, 9.17) is 5.73 Å². The lowest BCUT2D eigenvalue weighted by Crippen LogP contribution is -2.16. The van der Waals surface area contributed by atoms with E-state index in [1.54, 1.807) is 6.20 Å². The van der Waals surface area contributed by atoms with E-state index >= 15 is 0 Å². The predicted octanol–water partition coefficient (Wildman–Crippen LogP) is 2.51. The fraction of sp³-hybridized carbons (Fsp3) is 0.176. The minimum Gasteiger partial charge on any atom is -0.364 e. The Morgan fingerprint density at radius 2 is 1.96 bits per heavy atom. The molecular weight excluding hydrogens is 290 g/mol. The summed E-state index contributed by atoms with van der Waals surface area (Å²) in [5, 5.41) is 8.05. The van der Waals surface area contributed by atoms with Gasteiger partial charge in [-0.3, -0.25) is 9.78 Å². The Kier molecular flexibility index (Phi) is 3.15. The molecule has 0 atom stereocenters. The molecule has 2 aromatic heterocycles. The van der Waals surface area contributed by atoms with Crippen molar-refractivity contribution >= 4 is 5.91 Å². The number of primary amides is 1. The van der Waals surface area contributed by atoms with Crippen LogP contribution in [0.15, 0.2) is 42.9 Å². The van der Waals surface area contributed by atoms with Gasteiger partial charge in [-0.1, -0.05) is 30.3 Å². The van der Waals surface area contributed by atoms with Gasteiger partial charge in [0.2, 0.25) is 0 Å². The number of nitrogens with zero attached hydrogens (tertiary/aromatic N) is 3. The van der Waals surface area contributed by atoms with E-state index in [-0.39, 0.29) is 5.69 Å². The first kappa shape index (κ1) is 13.6. The lowest BCUT2D eigenvalue weighted by molar-refractivity contribution is 0.0996. The topological polar surface area (TPSA) is 97.6 Å². The first-order valence-electron chi connectivity index (χ1n) is 7.50. The summed E-state index contributed by atoms with van der Waals surface area (Å²) in [6, 6.07) is 9.67. The van der Waals surface area contributed by atoms with Gasteiger partial charge in [-0.25, -0.2) is 0 Å². The van der Waals surface area contributed by atoms with Gasteiger partial charge in [0.25, 0.3) is 5.91 Å². The summed E-state index contributed by atoms with van der Waals surface area (Å²) in [7, 11) is 0. The molecule has 1 aliphatic rings. The number of carbonyl (C=O) groups is 1. The van der Waals surface area contributed by atoms with E-state index in [0.717, 1.165) is 35.1 Å². The number of pyridine rings is 1. The highest BCUT2D eigenvalue weighted by atomic mass is 16.1. The van der Waals surface area contributed by atoms with E-state index in [1.807, 2.05) is 30.3 Å². The Morgan fingerprint density at radius 3 is 2.57 bits per heavy atom. The van der Waals surface area contributed by atoms with Gasteiger partial charge < -0.3 is 10.7 Å². The van der Waals surface area contributed by atoms with Crippen molar-refractivity contribution in [3.63, 3.8) is 0 Å². The summed E-state index contributed by atoms with van der Waals surface area (Å²) in [5.41, 5.74) is 9.40. The molecule has 6 heteroatoms. The molecule has 1 saturated carbocycles. The number of H-pyrrole nitrogens is 1. The average molecular weight is 305 g/mol. The van der Waals surface area contributed by atoms with Crippen molar-refractivity contribution < 1.29 is 4.79 Å². The van der Waals surface area contributed by atoms with E-state index in [2.05, 4.69) is 20.2 Å². The standard InChI is InChI=1S/C17H15N5O/c18-16(23)15-13(11-4-2-1-3-5-11)14(17-20-9-21-22-17)12(8-19-15)10-6-7-10/h1-5,8-10H,6-7H2,(H2,18,23)(H,20,21,22). The number of rotatable bonds is 4. The number of aromatic amines is 1. The van der Waals surface area contributed by atoms with Gasteiger partial charge in [0, 0.05) is 17.3 Å². The van der Waals surface area contributed by atoms with Gasteiger partial charge in [-0.15, -0.1) is 10.2 Å². The third kappa shape index (κ3) is 2.38. The van der Waals surface area contributed by atoms with Crippen molar-refractivity contribution in [2.75, 3.05) is 0 Å². The molecule has 0 saturated heterocycles. The molecule has 3 aromatic rings. The van der Waals surface area contributed by atoms with Crippen molar-refractivity contribution in [1.29, 1.82) is 0 Å². The monoisotopic (exact) mass is 305 g/mol. The molecule has 0 aliphatic heterocycles. The van der Waals surface area contributed by atoms with Crippen LogP contribution in [0.2, 0.25) is 0 Å². The summed E-state index contributed by atoms with van der Waals surface area (Å²) < 4.78 is 0. The summed E-state index contributed by atoms with van der Waals surface area (Å²) in [6.07, 6.45) is 5.52. The number of hydrogen-bond acceptors (Lipinski definition) is 4. The van der Waals surface area contributed by atoms with Crippen LogP contribution >= 0.6 is 0 Å². The number of carbonyl (C=O) groups excluding carboxylic acids is 1. The van der Waals surface area contributed by atoms with Crippen molar-refractivity contribution in [3.05, 3.63) is 54.1 Å². The lowest BCUT2D eigenvalue weighted by atomic mass is 9.92. The van der Waals surface area contributed by atoms with E-state index in [0.29, 0.717) is 11.7 Å². The van der Waals surface area contributed by atoms with Gasteiger partial charge in [0.1, 0.15) is 12.0 Å². The number of benzene rings is 1. The minimum absolute atomic E-state index is 0.256. The van der Waals surface area contributed by atoms with Crippen molar-refractivity contribution in [1.82, 2.24) is 20.2 Å². The lowest BCUT2D eigenvalue weighted by Gasteiger charge is -2.15. The zero-order chi connectivity index (χ0) is 15.8. The van der Waals surface area contributed by atoms with Crippen LogP contribution in [-0.4, -0.2) is 26.1 Å². The third-order valence-corrected chi connectivity index (χ3v) is 4.07. The second-order valence-corrected chi connectivity index (χ2v) is 5.65. The van der Waals surface area contributed by atoms with Gasteiger partial charge in [0.15, 0.2) is 5.82 Å². The maximum atomic E-state index is 11.9. The third-order valence-electron chi connectivity index (χ3n) is 4.07. The molecule has 3 N–H and O–H groups in total. The molecule has 4 rings (SSSR count). The molecule has 0 radical (unpaired) electrons. The molecule has 0 spiro atoms. The molecule has 1 amide bonds. The number of amides is 1. The van der Waals surface area contributed by atoms with Crippen LogP contribution in [0.1, 0.15) is 34.8 Å². The van der Waals surface area contributed by atoms with Crippen LogP contribution in [0, 0.1) is 0 Å². The Labute approximate surface area is 132 Å². The Balaban J connectivity index is 2.07. The molecule has 23 heavy (non-hydrogen) atoms. The molecule has 1 aromatic carbocycles. The molecule has 6 nitrogen and oxygen atoms in total. The predicted molar refractivity (Wildman–Crippen MR) is 85.5 cm³/mol. The normalized spacial score (nSPS) is 13.9. The van der Waals surface area contributed by atoms with Crippen LogP contribution in [0.3, 0.4) is 0 Å².